The highest BCUT2D eigenvalue weighted by Crippen LogP contribution is 2.16. The summed E-state index contributed by atoms with van der Waals surface area (Å²) in [6, 6.07) is 3.79. The number of hydrogen-bond donors (Lipinski definition) is 1. The monoisotopic (exact) mass is 306 g/mol. The van der Waals surface area contributed by atoms with E-state index in [2.05, 4.69) is 16.4 Å². The predicted octanol–water partition coefficient (Wildman–Crippen LogP) is 3.80. The van der Waals surface area contributed by atoms with Gasteiger partial charge in [-0.2, -0.15) is 0 Å². The number of aromatic nitrogens is 1. The molecule has 1 unspecified atom stereocenters. The van der Waals surface area contributed by atoms with E-state index < -0.39 is 11.7 Å². The fourth-order valence-corrected chi connectivity index (χ4v) is 1.77. The second-order valence-corrected chi connectivity index (χ2v) is 6.26. The molecular weight excluding hydrogens is 280 g/mol. The van der Waals surface area contributed by atoms with Crippen LogP contribution in [0, 0.1) is 0 Å². The highest BCUT2D eigenvalue weighted by Gasteiger charge is 2.17. The summed E-state index contributed by atoms with van der Waals surface area (Å²) in [5.41, 5.74) is 1.66. The molecule has 1 amide bonds. The number of pyridine rings is 1. The van der Waals surface area contributed by atoms with Crippen molar-refractivity contribution in [2.24, 2.45) is 0 Å². The maximum Gasteiger partial charge on any atom is 0.407 e. The van der Waals surface area contributed by atoms with Crippen LogP contribution in [0.5, 0.6) is 5.88 Å². The zero-order valence-corrected chi connectivity index (χ0v) is 14.3. The lowest BCUT2D eigenvalue weighted by Crippen LogP contribution is -2.37. The normalized spacial score (nSPS) is 13.5. The molecule has 1 atom stereocenters. The van der Waals surface area contributed by atoms with Gasteiger partial charge in [0.25, 0.3) is 0 Å². The summed E-state index contributed by atoms with van der Waals surface area (Å²) in [4.78, 5) is 15.9. The largest absolute Gasteiger partial charge is 0.481 e. The minimum atomic E-state index is -0.482. The third kappa shape index (κ3) is 6.61. The van der Waals surface area contributed by atoms with Crippen LogP contribution in [0.1, 0.15) is 46.6 Å². The first-order chi connectivity index (χ1) is 10.2. The second kappa shape index (κ2) is 7.82. The average molecular weight is 306 g/mol. The Morgan fingerprint density at radius 2 is 2.09 bits per heavy atom. The first-order valence-electron chi connectivity index (χ1n) is 7.38. The van der Waals surface area contributed by atoms with Crippen molar-refractivity contribution < 1.29 is 14.3 Å². The van der Waals surface area contributed by atoms with Crippen LogP contribution in [0.15, 0.2) is 24.4 Å². The number of methoxy groups -OCH3 is 1. The SMILES string of the molecule is COc1ccc(C(C)=CCC(C)NC(=O)OC(C)(C)C)cn1. The summed E-state index contributed by atoms with van der Waals surface area (Å²) in [6.07, 6.45) is 4.18. The van der Waals surface area contributed by atoms with Gasteiger partial charge in [-0.25, -0.2) is 9.78 Å². The van der Waals surface area contributed by atoms with Gasteiger partial charge in [-0.1, -0.05) is 6.08 Å². The van der Waals surface area contributed by atoms with Gasteiger partial charge in [0.15, 0.2) is 0 Å². The standard InChI is InChI=1S/C17H26N2O3/c1-12(14-9-10-15(21-6)18-11-14)7-8-13(2)19-16(20)22-17(3,4)5/h7,9-11,13H,8H2,1-6H3,(H,19,20). The van der Waals surface area contributed by atoms with Crippen molar-refractivity contribution in [1.82, 2.24) is 10.3 Å². The Morgan fingerprint density at radius 1 is 1.41 bits per heavy atom. The molecule has 1 aromatic rings. The molecule has 0 radical (unpaired) electrons. The van der Waals surface area contributed by atoms with Crippen LogP contribution in [0.25, 0.3) is 5.57 Å². The van der Waals surface area contributed by atoms with Crippen molar-refractivity contribution in [2.75, 3.05) is 7.11 Å². The molecule has 0 fully saturated rings. The molecule has 0 aliphatic rings. The molecule has 0 saturated heterocycles. The van der Waals surface area contributed by atoms with E-state index in [1.54, 1.807) is 13.3 Å². The molecule has 0 spiro atoms. The van der Waals surface area contributed by atoms with Gasteiger partial charge in [-0.05, 0) is 58.2 Å². The topological polar surface area (TPSA) is 60.5 Å². The molecule has 0 aromatic carbocycles. The van der Waals surface area contributed by atoms with E-state index in [9.17, 15) is 4.79 Å². The number of rotatable bonds is 5. The van der Waals surface area contributed by atoms with E-state index in [1.807, 2.05) is 46.8 Å². The average Bonchev–Trinajstić information content (AvgIpc) is 2.42. The molecule has 1 aromatic heterocycles. The van der Waals surface area contributed by atoms with Gasteiger partial charge in [-0.3, -0.25) is 0 Å². The third-order valence-corrected chi connectivity index (χ3v) is 2.94. The number of ether oxygens (including phenoxy) is 2. The first kappa shape index (κ1) is 18.0. The molecule has 0 aliphatic heterocycles. The molecule has 0 saturated carbocycles. The van der Waals surface area contributed by atoms with Crippen LogP contribution in [0.3, 0.4) is 0 Å². The number of nitrogens with zero attached hydrogens (tertiary/aromatic N) is 1. The number of alkyl carbamates (subject to hydrolysis) is 1. The number of hydrogen-bond acceptors (Lipinski definition) is 4. The second-order valence-electron chi connectivity index (χ2n) is 6.26. The molecule has 122 valence electrons. The van der Waals surface area contributed by atoms with Crippen molar-refractivity contribution >= 4 is 11.7 Å². The lowest BCUT2D eigenvalue weighted by atomic mass is 10.1. The number of allylic oxidation sites excluding steroid dienone is 1. The van der Waals surface area contributed by atoms with Crippen LogP contribution in [0.2, 0.25) is 0 Å². The summed E-state index contributed by atoms with van der Waals surface area (Å²) < 4.78 is 10.3. The van der Waals surface area contributed by atoms with Gasteiger partial charge in [-0.15, -0.1) is 0 Å². The lowest BCUT2D eigenvalue weighted by molar-refractivity contribution is 0.0509. The Labute approximate surface area is 132 Å². The summed E-state index contributed by atoms with van der Waals surface area (Å²) in [5.74, 6) is 0.594. The van der Waals surface area contributed by atoms with Gasteiger partial charge in [0.1, 0.15) is 5.60 Å². The fourth-order valence-electron chi connectivity index (χ4n) is 1.77. The third-order valence-electron chi connectivity index (χ3n) is 2.94. The maximum atomic E-state index is 11.7. The van der Waals surface area contributed by atoms with E-state index in [1.165, 1.54) is 0 Å². The smallest absolute Gasteiger partial charge is 0.407 e. The first-order valence-corrected chi connectivity index (χ1v) is 7.38. The zero-order valence-electron chi connectivity index (χ0n) is 14.3. The minimum Gasteiger partial charge on any atom is -0.481 e. The van der Waals surface area contributed by atoms with E-state index in [4.69, 9.17) is 9.47 Å². The molecule has 0 aliphatic carbocycles. The van der Waals surface area contributed by atoms with Gasteiger partial charge in [0, 0.05) is 18.3 Å². The summed E-state index contributed by atoms with van der Waals surface area (Å²) in [7, 11) is 1.59. The van der Waals surface area contributed by atoms with Crippen molar-refractivity contribution in [3.63, 3.8) is 0 Å². The van der Waals surface area contributed by atoms with E-state index in [0.717, 1.165) is 17.6 Å². The lowest BCUT2D eigenvalue weighted by Gasteiger charge is -2.21. The molecule has 22 heavy (non-hydrogen) atoms. The van der Waals surface area contributed by atoms with Crippen LogP contribution in [-0.4, -0.2) is 29.8 Å². The van der Waals surface area contributed by atoms with Gasteiger partial charge in [0.05, 0.1) is 7.11 Å². The van der Waals surface area contributed by atoms with E-state index in [0.29, 0.717) is 5.88 Å². The molecule has 1 heterocycles. The van der Waals surface area contributed by atoms with Crippen molar-refractivity contribution in [3.05, 3.63) is 30.0 Å². The summed E-state index contributed by atoms with van der Waals surface area (Å²) in [6.45, 7) is 9.50. The zero-order chi connectivity index (χ0) is 16.8. The molecule has 5 nitrogen and oxygen atoms in total. The summed E-state index contributed by atoms with van der Waals surface area (Å²) >= 11 is 0. The number of nitrogens with one attached hydrogen (secondary N) is 1. The number of amides is 1. The highest BCUT2D eigenvalue weighted by atomic mass is 16.6. The van der Waals surface area contributed by atoms with E-state index in [-0.39, 0.29) is 6.04 Å². The Morgan fingerprint density at radius 3 is 2.59 bits per heavy atom. The maximum absolute atomic E-state index is 11.7. The Balaban J connectivity index is 2.53. The predicted molar refractivity (Wildman–Crippen MR) is 87.9 cm³/mol. The Kier molecular flexibility index (Phi) is 6.40. The van der Waals surface area contributed by atoms with Crippen molar-refractivity contribution in [2.45, 2.75) is 52.7 Å². The van der Waals surface area contributed by atoms with E-state index >= 15 is 0 Å². The van der Waals surface area contributed by atoms with Crippen LogP contribution in [-0.2, 0) is 4.74 Å². The summed E-state index contributed by atoms with van der Waals surface area (Å²) in [5, 5.41) is 2.82. The molecule has 5 heteroatoms. The molecule has 0 bridgehead atoms. The van der Waals surface area contributed by atoms with Gasteiger partial charge >= 0.3 is 6.09 Å². The quantitative estimate of drug-likeness (QED) is 0.899. The number of carbonyl (C=O) groups is 1. The molecular formula is C17H26N2O3. The van der Waals surface area contributed by atoms with Crippen LogP contribution in [0.4, 0.5) is 4.79 Å². The van der Waals surface area contributed by atoms with Gasteiger partial charge < -0.3 is 14.8 Å². The van der Waals surface area contributed by atoms with Gasteiger partial charge in [0.2, 0.25) is 5.88 Å². The van der Waals surface area contributed by atoms with Crippen LogP contribution >= 0.6 is 0 Å². The van der Waals surface area contributed by atoms with Crippen molar-refractivity contribution in [3.8, 4) is 5.88 Å². The Bertz CT molecular complexity index is 516. The van der Waals surface area contributed by atoms with Crippen LogP contribution < -0.4 is 10.1 Å². The van der Waals surface area contributed by atoms with Crippen molar-refractivity contribution in [1.29, 1.82) is 0 Å². The molecule has 1 N–H and O–H groups in total. The Hall–Kier alpha value is -2.04. The highest BCUT2D eigenvalue weighted by molar-refractivity contribution is 5.68. The number of carbonyl (C=O) groups excluding carboxylic acids is 1. The fraction of sp³-hybridized carbons (Fsp3) is 0.529. The molecule has 1 rings (SSSR count). The minimum absolute atomic E-state index is 0.00370.